The SMILES string of the molecule is COc1ccc(CNC(=O)NCC(OC)OC)cc1. The van der Waals surface area contributed by atoms with E-state index in [1.807, 2.05) is 24.3 Å². The van der Waals surface area contributed by atoms with Crippen LogP contribution in [0.3, 0.4) is 0 Å². The van der Waals surface area contributed by atoms with E-state index >= 15 is 0 Å². The van der Waals surface area contributed by atoms with Gasteiger partial charge in [-0.1, -0.05) is 12.1 Å². The molecule has 0 unspecified atom stereocenters. The number of hydrogen-bond donors (Lipinski definition) is 2. The van der Waals surface area contributed by atoms with Gasteiger partial charge >= 0.3 is 6.03 Å². The van der Waals surface area contributed by atoms with Gasteiger partial charge in [-0.25, -0.2) is 4.79 Å². The maximum absolute atomic E-state index is 11.5. The van der Waals surface area contributed by atoms with Crippen molar-refractivity contribution in [2.24, 2.45) is 0 Å². The van der Waals surface area contributed by atoms with Gasteiger partial charge in [0.05, 0.1) is 13.7 Å². The third-order valence-corrected chi connectivity index (χ3v) is 2.57. The van der Waals surface area contributed by atoms with E-state index in [0.717, 1.165) is 11.3 Å². The molecule has 0 heterocycles. The number of amides is 2. The Hall–Kier alpha value is -1.79. The predicted octanol–water partition coefficient (Wildman–Crippen LogP) is 1.11. The van der Waals surface area contributed by atoms with E-state index in [9.17, 15) is 4.79 Å². The monoisotopic (exact) mass is 268 g/mol. The van der Waals surface area contributed by atoms with Gasteiger partial charge in [-0.2, -0.15) is 0 Å². The zero-order valence-corrected chi connectivity index (χ0v) is 11.4. The molecule has 2 N–H and O–H groups in total. The van der Waals surface area contributed by atoms with E-state index < -0.39 is 6.29 Å². The molecule has 1 rings (SSSR count). The molecule has 0 saturated heterocycles. The van der Waals surface area contributed by atoms with Crippen LogP contribution >= 0.6 is 0 Å². The fourth-order valence-corrected chi connectivity index (χ4v) is 1.43. The van der Waals surface area contributed by atoms with E-state index in [2.05, 4.69) is 10.6 Å². The highest BCUT2D eigenvalue weighted by Gasteiger charge is 2.07. The highest BCUT2D eigenvalue weighted by atomic mass is 16.7. The maximum Gasteiger partial charge on any atom is 0.315 e. The summed E-state index contributed by atoms with van der Waals surface area (Å²) in [6, 6.07) is 7.22. The van der Waals surface area contributed by atoms with Crippen molar-refractivity contribution in [1.82, 2.24) is 10.6 Å². The van der Waals surface area contributed by atoms with Crippen molar-refractivity contribution in [3.05, 3.63) is 29.8 Å². The first-order valence-electron chi connectivity index (χ1n) is 5.89. The van der Waals surface area contributed by atoms with E-state index in [4.69, 9.17) is 14.2 Å². The molecular weight excluding hydrogens is 248 g/mol. The first-order chi connectivity index (χ1) is 9.19. The molecule has 6 heteroatoms. The third kappa shape index (κ3) is 5.58. The Balaban J connectivity index is 2.29. The van der Waals surface area contributed by atoms with Crippen molar-refractivity contribution in [2.45, 2.75) is 12.8 Å². The second kappa shape index (κ2) is 8.34. The predicted molar refractivity (Wildman–Crippen MR) is 71.0 cm³/mol. The number of carbonyl (C=O) groups excluding carboxylic acids is 1. The fraction of sp³-hybridized carbons (Fsp3) is 0.462. The average molecular weight is 268 g/mol. The minimum Gasteiger partial charge on any atom is -0.497 e. The molecule has 106 valence electrons. The summed E-state index contributed by atoms with van der Waals surface area (Å²) in [7, 11) is 4.65. The lowest BCUT2D eigenvalue weighted by molar-refractivity contribution is -0.0971. The molecule has 0 aliphatic heterocycles. The Morgan fingerprint density at radius 1 is 1.11 bits per heavy atom. The van der Waals surface area contributed by atoms with Crippen LogP contribution in [0.25, 0.3) is 0 Å². The average Bonchev–Trinajstić information content (AvgIpc) is 2.46. The van der Waals surface area contributed by atoms with Gasteiger partial charge < -0.3 is 24.8 Å². The number of methoxy groups -OCH3 is 3. The maximum atomic E-state index is 11.5. The zero-order chi connectivity index (χ0) is 14.1. The summed E-state index contributed by atoms with van der Waals surface area (Å²) < 4.78 is 15.0. The summed E-state index contributed by atoms with van der Waals surface area (Å²) in [5.41, 5.74) is 0.992. The Morgan fingerprint density at radius 2 is 1.74 bits per heavy atom. The lowest BCUT2D eigenvalue weighted by atomic mass is 10.2. The molecular formula is C13H20N2O4. The zero-order valence-electron chi connectivity index (χ0n) is 11.4. The Morgan fingerprint density at radius 3 is 2.26 bits per heavy atom. The molecule has 2 amide bonds. The van der Waals surface area contributed by atoms with E-state index in [1.54, 1.807) is 7.11 Å². The lowest BCUT2D eigenvalue weighted by Gasteiger charge is -2.14. The van der Waals surface area contributed by atoms with Crippen LogP contribution in [0, 0.1) is 0 Å². The van der Waals surface area contributed by atoms with Crippen LogP contribution in [0.5, 0.6) is 5.75 Å². The Kier molecular flexibility index (Phi) is 6.70. The van der Waals surface area contributed by atoms with Crippen molar-refractivity contribution in [3.63, 3.8) is 0 Å². The van der Waals surface area contributed by atoms with Crippen LogP contribution in [0.4, 0.5) is 4.79 Å². The van der Waals surface area contributed by atoms with Gasteiger partial charge in [0.2, 0.25) is 0 Å². The van der Waals surface area contributed by atoms with Gasteiger partial charge in [-0.05, 0) is 17.7 Å². The summed E-state index contributed by atoms with van der Waals surface area (Å²) in [5, 5.41) is 5.39. The number of benzene rings is 1. The van der Waals surface area contributed by atoms with Gasteiger partial charge in [0.25, 0.3) is 0 Å². The van der Waals surface area contributed by atoms with Crippen LogP contribution in [0.1, 0.15) is 5.56 Å². The van der Waals surface area contributed by atoms with Gasteiger partial charge in [0, 0.05) is 20.8 Å². The molecule has 0 radical (unpaired) electrons. The summed E-state index contributed by atoms with van der Waals surface area (Å²) >= 11 is 0. The highest BCUT2D eigenvalue weighted by molar-refractivity contribution is 5.73. The molecule has 1 aromatic rings. The quantitative estimate of drug-likeness (QED) is 0.727. The Labute approximate surface area is 113 Å². The minimum atomic E-state index is -0.438. The molecule has 0 spiro atoms. The van der Waals surface area contributed by atoms with Crippen LogP contribution in [-0.2, 0) is 16.0 Å². The highest BCUT2D eigenvalue weighted by Crippen LogP contribution is 2.10. The molecule has 0 aromatic heterocycles. The summed E-state index contributed by atoms with van der Waals surface area (Å²) in [6.07, 6.45) is -0.438. The number of ether oxygens (including phenoxy) is 3. The molecule has 1 aromatic carbocycles. The number of carbonyl (C=O) groups is 1. The van der Waals surface area contributed by atoms with E-state index in [0.29, 0.717) is 13.1 Å². The number of hydrogen-bond acceptors (Lipinski definition) is 4. The molecule has 0 aliphatic carbocycles. The molecule has 0 fully saturated rings. The van der Waals surface area contributed by atoms with E-state index in [1.165, 1.54) is 14.2 Å². The smallest absolute Gasteiger partial charge is 0.315 e. The molecule has 0 atom stereocenters. The lowest BCUT2D eigenvalue weighted by Crippen LogP contribution is -2.40. The molecule has 0 aliphatic rings. The van der Waals surface area contributed by atoms with Crippen molar-refractivity contribution >= 4 is 6.03 Å². The van der Waals surface area contributed by atoms with Gasteiger partial charge in [0.15, 0.2) is 6.29 Å². The van der Waals surface area contributed by atoms with Gasteiger partial charge in [-0.3, -0.25) is 0 Å². The van der Waals surface area contributed by atoms with Crippen LogP contribution in [-0.4, -0.2) is 40.2 Å². The number of rotatable bonds is 7. The second-order valence-corrected chi connectivity index (χ2v) is 3.81. The normalized spacial score (nSPS) is 10.3. The van der Waals surface area contributed by atoms with E-state index in [-0.39, 0.29) is 6.03 Å². The first kappa shape index (κ1) is 15.3. The van der Waals surface area contributed by atoms with Crippen molar-refractivity contribution < 1.29 is 19.0 Å². The largest absolute Gasteiger partial charge is 0.497 e. The summed E-state index contributed by atoms with van der Waals surface area (Å²) in [6.45, 7) is 0.738. The second-order valence-electron chi connectivity index (χ2n) is 3.81. The number of nitrogens with one attached hydrogen (secondary N) is 2. The third-order valence-electron chi connectivity index (χ3n) is 2.57. The summed E-state index contributed by atoms with van der Waals surface area (Å²) in [5.74, 6) is 0.788. The molecule has 0 bridgehead atoms. The fourth-order valence-electron chi connectivity index (χ4n) is 1.43. The molecule has 19 heavy (non-hydrogen) atoms. The van der Waals surface area contributed by atoms with Gasteiger partial charge in [0.1, 0.15) is 5.75 Å². The van der Waals surface area contributed by atoms with Crippen LogP contribution in [0.2, 0.25) is 0 Å². The summed E-state index contributed by atoms with van der Waals surface area (Å²) in [4.78, 5) is 11.5. The van der Waals surface area contributed by atoms with Crippen molar-refractivity contribution in [2.75, 3.05) is 27.9 Å². The van der Waals surface area contributed by atoms with Crippen LogP contribution < -0.4 is 15.4 Å². The molecule has 0 saturated carbocycles. The van der Waals surface area contributed by atoms with Crippen molar-refractivity contribution in [1.29, 1.82) is 0 Å². The first-order valence-corrected chi connectivity index (χ1v) is 5.89. The Bertz CT molecular complexity index is 377. The standard InChI is InChI=1S/C13H20N2O4/c1-17-11-6-4-10(5-7-11)8-14-13(16)15-9-12(18-2)19-3/h4-7,12H,8-9H2,1-3H3,(H2,14,15,16). The van der Waals surface area contributed by atoms with Crippen molar-refractivity contribution in [3.8, 4) is 5.75 Å². The number of urea groups is 1. The van der Waals surface area contributed by atoms with Crippen LogP contribution in [0.15, 0.2) is 24.3 Å². The molecule has 6 nitrogen and oxygen atoms in total. The topological polar surface area (TPSA) is 68.8 Å². The van der Waals surface area contributed by atoms with Gasteiger partial charge in [-0.15, -0.1) is 0 Å². The minimum absolute atomic E-state index is 0.269.